The van der Waals surface area contributed by atoms with Gasteiger partial charge in [-0.25, -0.2) is 0 Å². The first-order valence-corrected chi connectivity index (χ1v) is 3.41. The van der Waals surface area contributed by atoms with E-state index < -0.39 is 0 Å². The highest BCUT2D eigenvalue weighted by molar-refractivity contribution is 5.95. The summed E-state index contributed by atoms with van der Waals surface area (Å²) in [6.07, 6.45) is 1.59. The van der Waals surface area contributed by atoms with Gasteiger partial charge in [-0.1, -0.05) is 0 Å². The van der Waals surface area contributed by atoms with Crippen LogP contribution in [0.5, 0.6) is 0 Å². The molecule has 0 atom stereocenters. The van der Waals surface area contributed by atoms with E-state index in [0.29, 0.717) is 0 Å². The summed E-state index contributed by atoms with van der Waals surface area (Å²) in [6, 6.07) is 0. The molecule has 1 aliphatic rings. The summed E-state index contributed by atoms with van der Waals surface area (Å²) >= 11 is 0. The van der Waals surface area contributed by atoms with Crippen LogP contribution in [0.25, 0.3) is 0 Å². The molecule has 0 fully saturated rings. The molecule has 0 saturated heterocycles. The highest BCUT2D eigenvalue weighted by Gasteiger charge is 2.06. The molecule has 7 nitrogen and oxygen atoms in total. The largest absolute Gasteiger partial charge is 0.370 e. The van der Waals surface area contributed by atoms with E-state index in [1.165, 1.54) is 0 Å². The molecule has 1 rings (SSSR count). The Hall–Kier alpha value is -1.79. The van der Waals surface area contributed by atoms with Gasteiger partial charge in [0.25, 0.3) is 0 Å². The number of hydrogen-bond donors (Lipinski definition) is 5. The van der Waals surface area contributed by atoms with E-state index in [1.807, 2.05) is 0 Å². The third-order valence-corrected chi connectivity index (χ3v) is 1.21. The number of aliphatic imine (C=N–C) groups is 1. The molecule has 0 aromatic heterocycles. The lowest BCUT2D eigenvalue weighted by Gasteiger charge is -2.16. The van der Waals surface area contributed by atoms with Crippen molar-refractivity contribution in [3.63, 3.8) is 0 Å². The van der Waals surface area contributed by atoms with Gasteiger partial charge in [-0.2, -0.15) is 0 Å². The standard InChI is InChI=1S/C5H11N7/c6-4(7)10-5(8)11-12-2-1-9-3-12/h3H,1-2H2,(H6,6,7,8,10,11). The summed E-state index contributed by atoms with van der Waals surface area (Å²) in [5.74, 6) is -0.292. The zero-order chi connectivity index (χ0) is 8.97. The zero-order valence-electron chi connectivity index (χ0n) is 6.46. The molecule has 66 valence electrons. The van der Waals surface area contributed by atoms with E-state index in [9.17, 15) is 0 Å². The molecular weight excluding hydrogens is 158 g/mol. The fourth-order valence-electron chi connectivity index (χ4n) is 0.770. The first kappa shape index (κ1) is 8.31. The Balaban J connectivity index is 2.26. The minimum Gasteiger partial charge on any atom is -0.370 e. The van der Waals surface area contributed by atoms with E-state index in [0.717, 1.165) is 13.1 Å². The molecule has 1 heterocycles. The Morgan fingerprint density at radius 1 is 1.58 bits per heavy atom. The number of nitrogens with zero attached hydrogens (tertiary/aromatic N) is 2. The van der Waals surface area contributed by atoms with Crippen LogP contribution in [0.3, 0.4) is 0 Å². The number of rotatable bonds is 1. The van der Waals surface area contributed by atoms with Crippen LogP contribution < -0.4 is 16.5 Å². The second-order valence-electron chi connectivity index (χ2n) is 2.24. The number of hydrogen-bond acceptors (Lipinski definition) is 4. The van der Waals surface area contributed by atoms with E-state index in [-0.39, 0.29) is 11.9 Å². The molecule has 0 radical (unpaired) electrons. The minimum atomic E-state index is -0.261. The molecule has 0 saturated carbocycles. The average molecular weight is 169 g/mol. The van der Waals surface area contributed by atoms with Crippen molar-refractivity contribution in [1.29, 1.82) is 10.8 Å². The van der Waals surface area contributed by atoms with Crippen molar-refractivity contribution in [3.8, 4) is 0 Å². The van der Waals surface area contributed by atoms with Gasteiger partial charge in [0.1, 0.15) is 6.34 Å². The number of nitrogens with two attached hydrogens (primary N) is 1. The maximum absolute atomic E-state index is 7.24. The van der Waals surface area contributed by atoms with E-state index in [2.05, 4.69) is 15.7 Å². The number of nitrogens with one attached hydrogen (secondary N) is 4. The van der Waals surface area contributed by atoms with Crippen molar-refractivity contribution in [2.75, 3.05) is 13.1 Å². The predicted octanol–water partition coefficient (Wildman–Crippen LogP) is -1.75. The van der Waals surface area contributed by atoms with Crippen LogP contribution in [0.1, 0.15) is 0 Å². The first-order valence-electron chi connectivity index (χ1n) is 3.41. The van der Waals surface area contributed by atoms with Crippen molar-refractivity contribution < 1.29 is 0 Å². The van der Waals surface area contributed by atoms with Gasteiger partial charge < -0.3 is 5.73 Å². The summed E-state index contributed by atoms with van der Waals surface area (Å²) in [4.78, 5) is 3.93. The quantitative estimate of drug-likeness (QED) is 0.236. The van der Waals surface area contributed by atoms with Gasteiger partial charge in [-0.05, 0) is 0 Å². The molecule has 6 N–H and O–H groups in total. The molecule has 0 bridgehead atoms. The molecule has 0 aromatic rings. The monoisotopic (exact) mass is 169 g/mol. The van der Waals surface area contributed by atoms with Crippen LogP contribution in [0, 0.1) is 10.8 Å². The average Bonchev–Trinajstić information content (AvgIpc) is 2.37. The lowest BCUT2D eigenvalue weighted by Crippen LogP contribution is -2.49. The molecular formula is C5H11N7. The van der Waals surface area contributed by atoms with Crippen molar-refractivity contribution in [2.45, 2.75) is 0 Å². The maximum Gasteiger partial charge on any atom is 0.214 e. The Bertz CT molecular complexity index is 220. The molecule has 0 aromatic carbocycles. The van der Waals surface area contributed by atoms with Crippen LogP contribution in [0.4, 0.5) is 0 Å². The van der Waals surface area contributed by atoms with Crippen LogP contribution in [-0.2, 0) is 0 Å². The first-order chi connectivity index (χ1) is 5.68. The van der Waals surface area contributed by atoms with E-state index >= 15 is 0 Å². The molecule has 7 heteroatoms. The Kier molecular flexibility index (Phi) is 2.46. The SMILES string of the molecule is N=C(N)NC(=N)NN1C=NCC1. The lowest BCUT2D eigenvalue weighted by molar-refractivity contribution is 0.417. The Morgan fingerprint density at radius 3 is 2.83 bits per heavy atom. The van der Waals surface area contributed by atoms with Gasteiger partial charge in [0.2, 0.25) is 5.96 Å². The van der Waals surface area contributed by atoms with Gasteiger partial charge in [0.05, 0.1) is 13.1 Å². The molecule has 1 aliphatic heterocycles. The summed E-state index contributed by atoms with van der Waals surface area (Å²) in [7, 11) is 0. The maximum atomic E-state index is 7.24. The van der Waals surface area contributed by atoms with Crippen molar-refractivity contribution in [2.24, 2.45) is 10.7 Å². The minimum absolute atomic E-state index is 0.0316. The zero-order valence-corrected chi connectivity index (χ0v) is 6.46. The van der Waals surface area contributed by atoms with Crippen molar-refractivity contribution in [3.05, 3.63) is 0 Å². The van der Waals surface area contributed by atoms with Crippen LogP contribution >= 0.6 is 0 Å². The summed E-state index contributed by atoms with van der Waals surface area (Å²) in [5, 5.41) is 18.0. The van der Waals surface area contributed by atoms with Crippen LogP contribution in [0.15, 0.2) is 4.99 Å². The second kappa shape index (κ2) is 3.56. The van der Waals surface area contributed by atoms with Gasteiger partial charge in [-0.15, -0.1) is 0 Å². The second-order valence-corrected chi connectivity index (χ2v) is 2.24. The van der Waals surface area contributed by atoms with Gasteiger partial charge in [0, 0.05) is 0 Å². The normalized spacial score (nSPS) is 14.5. The molecule has 0 aliphatic carbocycles. The van der Waals surface area contributed by atoms with Crippen molar-refractivity contribution in [1.82, 2.24) is 15.8 Å². The molecule has 0 unspecified atom stereocenters. The van der Waals surface area contributed by atoms with Crippen LogP contribution in [0.2, 0.25) is 0 Å². The third kappa shape index (κ3) is 2.45. The molecule has 0 spiro atoms. The van der Waals surface area contributed by atoms with Crippen molar-refractivity contribution >= 4 is 18.3 Å². The third-order valence-electron chi connectivity index (χ3n) is 1.21. The number of guanidine groups is 2. The smallest absolute Gasteiger partial charge is 0.214 e. The highest BCUT2D eigenvalue weighted by Crippen LogP contribution is 1.86. The fraction of sp³-hybridized carbons (Fsp3) is 0.400. The Labute approximate surface area is 69.6 Å². The fourth-order valence-corrected chi connectivity index (χ4v) is 0.770. The number of hydrazine groups is 1. The van der Waals surface area contributed by atoms with Gasteiger partial charge in [0.15, 0.2) is 5.96 Å². The summed E-state index contributed by atoms with van der Waals surface area (Å²) < 4.78 is 0. The summed E-state index contributed by atoms with van der Waals surface area (Å²) in [6.45, 7) is 1.45. The summed E-state index contributed by atoms with van der Waals surface area (Å²) in [5.41, 5.74) is 7.65. The van der Waals surface area contributed by atoms with Gasteiger partial charge in [-0.3, -0.25) is 31.6 Å². The van der Waals surface area contributed by atoms with E-state index in [1.54, 1.807) is 11.3 Å². The molecule has 0 amide bonds. The topological polar surface area (TPSA) is 113 Å². The highest BCUT2D eigenvalue weighted by atomic mass is 15.6. The van der Waals surface area contributed by atoms with Gasteiger partial charge >= 0.3 is 0 Å². The predicted molar refractivity (Wildman–Crippen MR) is 46.0 cm³/mol. The van der Waals surface area contributed by atoms with Crippen LogP contribution in [-0.4, -0.2) is 36.4 Å². The lowest BCUT2D eigenvalue weighted by atomic mass is 10.7. The molecule has 12 heavy (non-hydrogen) atoms. The Morgan fingerprint density at radius 2 is 2.33 bits per heavy atom. The van der Waals surface area contributed by atoms with E-state index in [4.69, 9.17) is 16.6 Å².